The van der Waals surface area contributed by atoms with Crippen molar-refractivity contribution in [3.8, 4) is 11.1 Å². The van der Waals surface area contributed by atoms with Crippen LogP contribution in [0.15, 0.2) is 42.7 Å². The molecule has 1 aromatic carbocycles. The first kappa shape index (κ1) is 16.7. The number of carboxylic acid groups (broad SMARTS) is 1. The molecule has 2 aromatic rings. The molecule has 1 amide bonds. The van der Waals surface area contributed by atoms with E-state index >= 15 is 0 Å². The number of hydrogen-bond donors (Lipinski definition) is 1. The zero-order chi connectivity index (χ0) is 17.0. The average Bonchev–Trinajstić information content (AvgIpc) is 2.52. The van der Waals surface area contributed by atoms with Gasteiger partial charge in [0.25, 0.3) is 5.91 Å². The van der Waals surface area contributed by atoms with Crippen molar-refractivity contribution in [2.75, 3.05) is 6.54 Å². The minimum Gasteiger partial charge on any atom is -0.480 e. The first-order chi connectivity index (χ1) is 10.9. The average molecular weight is 312 g/mol. The van der Waals surface area contributed by atoms with Gasteiger partial charge in [0.05, 0.1) is 5.56 Å². The molecule has 23 heavy (non-hydrogen) atoms. The molecule has 0 atom stereocenters. The summed E-state index contributed by atoms with van der Waals surface area (Å²) in [4.78, 5) is 29.0. The fourth-order valence-electron chi connectivity index (χ4n) is 2.26. The van der Waals surface area contributed by atoms with Crippen molar-refractivity contribution in [3.63, 3.8) is 0 Å². The molecular weight excluding hydrogens is 292 g/mol. The number of nitrogens with zero attached hydrogens (tertiary/aromatic N) is 2. The molecule has 5 nitrogen and oxygen atoms in total. The lowest BCUT2D eigenvalue weighted by Crippen LogP contribution is -2.40. The minimum atomic E-state index is -1.03. The number of carboxylic acids is 1. The smallest absolute Gasteiger partial charge is 0.323 e. The first-order valence-corrected chi connectivity index (χ1v) is 7.43. The molecule has 1 aromatic heterocycles. The second kappa shape index (κ2) is 7.05. The summed E-state index contributed by atoms with van der Waals surface area (Å²) < 4.78 is 0. The van der Waals surface area contributed by atoms with Crippen LogP contribution in [0.3, 0.4) is 0 Å². The molecule has 5 heteroatoms. The first-order valence-electron chi connectivity index (χ1n) is 7.43. The van der Waals surface area contributed by atoms with Crippen LogP contribution in [-0.2, 0) is 4.79 Å². The van der Waals surface area contributed by atoms with Gasteiger partial charge in [0.2, 0.25) is 0 Å². The van der Waals surface area contributed by atoms with E-state index in [1.807, 2.05) is 31.2 Å². The highest BCUT2D eigenvalue weighted by molar-refractivity contribution is 5.96. The third kappa shape index (κ3) is 4.16. The largest absolute Gasteiger partial charge is 0.480 e. The van der Waals surface area contributed by atoms with Gasteiger partial charge >= 0.3 is 5.97 Å². The Morgan fingerprint density at radius 1 is 1.13 bits per heavy atom. The summed E-state index contributed by atoms with van der Waals surface area (Å²) in [7, 11) is 0. The van der Waals surface area contributed by atoms with Gasteiger partial charge in [0.15, 0.2) is 0 Å². The molecule has 0 aliphatic rings. The zero-order valence-corrected chi connectivity index (χ0v) is 13.5. The maximum atomic E-state index is 12.6. The Hall–Kier alpha value is -2.69. The van der Waals surface area contributed by atoms with E-state index < -0.39 is 5.97 Å². The van der Waals surface area contributed by atoms with Crippen molar-refractivity contribution >= 4 is 11.9 Å². The van der Waals surface area contributed by atoms with Crippen molar-refractivity contribution < 1.29 is 14.7 Å². The number of aliphatic carboxylic acids is 1. The molecule has 0 radical (unpaired) electrons. The Morgan fingerprint density at radius 2 is 1.78 bits per heavy atom. The number of aryl methyl sites for hydroxylation is 1. The highest BCUT2D eigenvalue weighted by Crippen LogP contribution is 2.21. The SMILES string of the molecule is Cc1ccc(-c2cncc(C(=O)N(CC(=O)O)C(C)C)c2)cc1. The molecule has 0 bridgehead atoms. The van der Waals surface area contributed by atoms with E-state index in [1.54, 1.807) is 26.1 Å². The minimum absolute atomic E-state index is 0.207. The Morgan fingerprint density at radius 3 is 2.35 bits per heavy atom. The van der Waals surface area contributed by atoms with Crippen LogP contribution in [0.1, 0.15) is 29.8 Å². The molecule has 1 N–H and O–H groups in total. The van der Waals surface area contributed by atoms with Crippen LogP contribution in [0.2, 0.25) is 0 Å². The predicted octanol–water partition coefficient (Wildman–Crippen LogP) is 2.99. The third-order valence-corrected chi connectivity index (χ3v) is 3.56. The topological polar surface area (TPSA) is 70.5 Å². The summed E-state index contributed by atoms with van der Waals surface area (Å²) in [6, 6.07) is 9.47. The fourth-order valence-corrected chi connectivity index (χ4v) is 2.26. The van der Waals surface area contributed by atoms with Gasteiger partial charge in [-0.15, -0.1) is 0 Å². The van der Waals surface area contributed by atoms with Crippen LogP contribution < -0.4 is 0 Å². The van der Waals surface area contributed by atoms with Crippen LogP contribution in [0, 0.1) is 6.92 Å². The van der Waals surface area contributed by atoms with Gasteiger partial charge in [0.1, 0.15) is 6.54 Å². The van der Waals surface area contributed by atoms with Crippen molar-refractivity contribution in [1.29, 1.82) is 0 Å². The molecule has 0 saturated carbocycles. The quantitative estimate of drug-likeness (QED) is 0.921. The predicted molar refractivity (Wildman–Crippen MR) is 88.2 cm³/mol. The summed E-state index contributed by atoms with van der Waals surface area (Å²) in [6.45, 7) is 5.26. The summed E-state index contributed by atoms with van der Waals surface area (Å²) >= 11 is 0. The number of benzene rings is 1. The van der Waals surface area contributed by atoms with Gasteiger partial charge in [-0.1, -0.05) is 29.8 Å². The van der Waals surface area contributed by atoms with E-state index in [0.717, 1.165) is 16.7 Å². The maximum absolute atomic E-state index is 12.6. The molecular formula is C18H20N2O3. The van der Waals surface area contributed by atoms with E-state index in [4.69, 9.17) is 5.11 Å². The Labute approximate surface area is 135 Å². The van der Waals surface area contributed by atoms with Crippen molar-refractivity contribution in [1.82, 2.24) is 9.88 Å². The van der Waals surface area contributed by atoms with Gasteiger partial charge in [-0.25, -0.2) is 0 Å². The number of rotatable bonds is 5. The van der Waals surface area contributed by atoms with Gasteiger partial charge in [-0.2, -0.15) is 0 Å². The molecule has 0 unspecified atom stereocenters. The van der Waals surface area contributed by atoms with E-state index in [-0.39, 0.29) is 18.5 Å². The van der Waals surface area contributed by atoms with E-state index in [1.165, 1.54) is 11.1 Å². The molecule has 0 aliphatic carbocycles. The lowest BCUT2D eigenvalue weighted by atomic mass is 10.0. The number of hydrogen-bond acceptors (Lipinski definition) is 3. The summed E-state index contributed by atoms with van der Waals surface area (Å²) in [5.74, 6) is -1.36. The monoisotopic (exact) mass is 312 g/mol. The molecule has 0 saturated heterocycles. The van der Waals surface area contributed by atoms with Crippen molar-refractivity contribution in [3.05, 3.63) is 53.9 Å². The Kier molecular flexibility index (Phi) is 5.11. The van der Waals surface area contributed by atoms with Gasteiger partial charge in [0, 0.05) is 24.0 Å². The van der Waals surface area contributed by atoms with Crippen LogP contribution in [0.5, 0.6) is 0 Å². The maximum Gasteiger partial charge on any atom is 0.323 e. The van der Waals surface area contributed by atoms with Gasteiger partial charge in [-0.05, 0) is 32.4 Å². The number of carbonyl (C=O) groups is 2. The number of aromatic nitrogens is 1. The number of carbonyl (C=O) groups excluding carboxylic acids is 1. The molecule has 0 aliphatic heterocycles. The lowest BCUT2D eigenvalue weighted by molar-refractivity contribution is -0.138. The molecule has 0 fully saturated rings. The van der Waals surface area contributed by atoms with Gasteiger partial charge < -0.3 is 10.0 Å². The Bertz CT molecular complexity index is 708. The summed E-state index contributed by atoms with van der Waals surface area (Å²) in [6.07, 6.45) is 3.16. The van der Waals surface area contributed by atoms with Crippen molar-refractivity contribution in [2.45, 2.75) is 26.8 Å². The molecule has 0 spiro atoms. The second-order valence-corrected chi connectivity index (χ2v) is 5.75. The highest BCUT2D eigenvalue weighted by Gasteiger charge is 2.21. The lowest BCUT2D eigenvalue weighted by Gasteiger charge is -2.24. The zero-order valence-electron chi connectivity index (χ0n) is 13.5. The number of pyridine rings is 1. The van der Waals surface area contributed by atoms with Crippen LogP contribution >= 0.6 is 0 Å². The fraction of sp³-hybridized carbons (Fsp3) is 0.278. The van der Waals surface area contributed by atoms with Gasteiger partial charge in [-0.3, -0.25) is 14.6 Å². The van der Waals surface area contributed by atoms with Crippen LogP contribution in [0.25, 0.3) is 11.1 Å². The molecule has 120 valence electrons. The van der Waals surface area contributed by atoms with E-state index in [0.29, 0.717) is 5.56 Å². The highest BCUT2D eigenvalue weighted by atomic mass is 16.4. The van der Waals surface area contributed by atoms with Crippen LogP contribution in [-0.4, -0.2) is 39.5 Å². The summed E-state index contributed by atoms with van der Waals surface area (Å²) in [5.41, 5.74) is 3.33. The molecule has 1 heterocycles. The van der Waals surface area contributed by atoms with Crippen LogP contribution in [0.4, 0.5) is 0 Å². The summed E-state index contributed by atoms with van der Waals surface area (Å²) in [5, 5.41) is 8.98. The van der Waals surface area contributed by atoms with E-state index in [9.17, 15) is 9.59 Å². The van der Waals surface area contributed by atoms with Crippen molar-refractivity contribution in [2.24, 2.45) is 0 Å². The number of amides is 1. The normalized spacial score (nSPS) is 10.6. The third-order valence-electron chi connectivity index (χ3n) is 3.56. The Balaban J connectivity index is 2.32. The molecule has 2 rings (SSSR count). The standard InChI is InChI=1S/C18H20N2O3/c1-12(2)20(11-17(21)22)18(23)16-8-15(9-19-10-16)14-6-4-13(3)5-7-14/h4-10,12H,11H2,1-3H3,(H,21,22). The second-order valence-electron chi connectivity index (χ2n) is 5.75. The van der Waals surface area contributed by atoms with E-state index in [2.05, 4.69) is 4.98 Å².